The predicted molar refractivity (Wildman–Crippen MR) is 84.1 cm³/mol. The maximum absolute atomic E-state index is 5.69. The van der Waals surface area contributed by atoms with Crippen LogP contribution < -0.4 is 5.73 Å². The number of rotatable bonds is 3. The van der Waals surface area contributed by atoms with Crippen LogP contribution in [-0.4, -0.2) is 19.5 Å². The molecule has 0 fully saturated rings. The van der Waals surface area contributed by atoms with Gasteiger partial charge in [0.15, 0.2) is 0 Å². The van der Waals surface area contributed by atoms with Gasteiger partial charge in [0.2, 0.25) is 0 Å². The second-order valence-corrected chi connectivity index (χ2v) is 5.18. The van der Waals surface area contributed by atoms with Gasteiger partial charge < -0.3 is 5.73 Å². The van der Waals surface area contributed by atoms with E-state index in [1.165, 1.54) is 0 Å². The normalized spacial score (nSPS) is 10.8. The van der Waals surface area contributed by atoms with E-state index in [-0.39, 0.29) is 0 Å². The minimum Gasteiger partial charge on any atom is -0.393 e. The molecule has 0 atom stereocenters. The molecule has 5 heteroatoms. The topological polar surface area (TPSA) is 56.7 Å². The van der Waals surface area contributed by atoms with Gasteiger partial charge in [0.05, 0.1) is 28.1 Å². The number of hydrogen-bond donors (Lipinski definition) is 1. The average molecular weight is 282 g/mol. The highest BCUT2D eigenvalue weighted by Crippen LogP contribution is 2.22. The molecule has 2 heterocycles. The summed E-state index contributed by atoms with van der Waals surface area (Å²) in [7, 11) is 0. The summed E-state index contributed by atoms with van der Waals surface area (Å²) in [5, 5.41) is 0. The number of pyridine rings is 1. The third-order valence-corrected chi connectivity index (χ3v) is 3.25. The molecule has 3 rings (SSSR count). The fraction of sp³-hybridized carbons (Fsp3) is 0.133. The van der Waals surface area contributed by atoms with Crippen molar-refractivity contribution in [2.24, 2.45) is 5.73 Å². The molecule has 0 saturated heterocycles. The van der Waals surface area contributed by atoms with Crippen LogP contribution in [0.25, 0.3) is 16.7 Å². The van der Waals surface area contributed by atoms with Gasteiger partial charge in [-0.25, -0.2) is 4.98 Å². The third kappa shape index (κ3) is 2.28. The van der Waals surface area contributed by atoms with Gasteiger partial charge in [-0.05, 0) is 31.2 Å². The molecule has 20 heavy (non-hydrogen) atoms. The fourth-order valence-electron chi connectivity index (χ4n) is 2.31. The van der Waals surface area contributed by atoms with Crippen LogP contribution in [0.5, 0.6) is 0 Å². The van der Waals surface area contributed by atoms with Crippen molar-refractivity contribution in [3.8, 4) is 5.69 Å². The lowest BCUT2D eigenvalue weighted by molar-refractivity contribution is 0.960. The molecule has 2 N–H and O–H groups in total. The maximum atomic E-state index is 5.69. The second-order valence-electron chi connectivity index (χ2n) is 4.65. The first kappa shape index (κ1) is 12.7. The molecule has 0 spiro atoms. The summed E-state index contributed by atoms with van der Waals surface area (Å²) < 4.78 is 2.09. The molecular formula is C15H14N4S. The fourth-order valence-corrected chi connectivity index (χ4v) is 2.44. The van der Waals surface area contributed by atoms with Crippen molar-refractivity contribution in [3.63, 3.8) is 0 Å². The van der Waals surface area contributed by atoms with Gasteiger partial charge in [-0.2, -0.15) is 0 Å². The molecular weight excluding hydrogens is 268 g/mol. The monoisotopic (exact) mass is 282 g/mol. The van der Waals surface area contributed by atoms with E-state index in [4.69, 9.17) is 18.0 Å². The summed E-state index contributed by atoms with van der Waals surface area (Å²) in [6.45, 7) is 1.97. The molecule has 100 valence electrons. The van der Waals surface area contributed by atoms with E-state index in [9.17, 15) is 0 Å². The molecule has 0 unspecified atom stereocenters. The number of aromatic nitrogens is 3. The molecule has 0 aliphatic carbocycles. The molecule has 0 bridgehead atoms. The summed E-state index contributed by atoms with van der Waals surface area (Å²) in [6.07, 6.45) is 2.27. The summed E-state index contributed by atoms with van der Waals surface area (Å²) in [4.78, 5) is 9.31. The van der Waals surface area contributed by atoms with Crippen LogP contribution in [0.3, 0.4) is 0 Å². The lowest BCUT2D eigenvalue weighted by Gasteiger charge is -2.09. The van der Waals surface area contributed by atoms with E-state index in [0.29, 0.717) is 11.4 Å². The number of nitrogens with zero attached hydrogens (tertiary/aromatic N) is 3. The van der Waals surface area contributed by atoms with Crippen LogP contribution in [0.1, 0.15) is 11.5 Å². The lowest BCUT2D eigenvalue weighted by Crippen LogP contribution is -2.15. The van der Waals surface area contributed by atoms with Crippen molar-refractivity contribution in [3.05, 3.63) is 54.1 Å². The lowest BCUT2D eigenvalue weighted by atomic mass is 10.3. The zero-order valence-corrected chi connectivity index (χ0v) is 11.9. The van der Waals surface area contributed by atoms with E-state index >= 15 is 0 Å². The van der Waals surface area contributed by atoms with Gasteiger partial charge in [-0.3, -0.25) is 9.55 Å². The third-order valence-electron chi connectivity index (χ3n) is 3.10. The van der Waals surface area contributed by atoms with Crippen LogP contribution in [-0.2, 0) is 6.42 Å². The Morgan fingerprint density at radius 2 is 2.10 bits per heavy atom. The van der Waals surface area contributed by atoms with Gasteiger partial charge in [0, 0.05) is 11.9 Å². The van der Waals surface area contributed by atoms with Crippen LogP contribution in [0, 0.1) is 6.92 Å². The van der Waals surface area contributed by atoms with E-state index in [1.807, 2.05) is 43.3 Å². The van der Waals surface area contributed by atoms with E-state index in [2.05, 4.69) is 14.5 Å². The van der Waals surface area contributed by atoms with Crippen molar-refractivity contribution in [2.75, 3.05) is 0 Å². The Hall–Kier alpha value is -2.27. The summed E-state index contributed by atoms with van der Waals surface area (Å²) in [5.74, 6) is 0.851. The number of fused-ring (bicyclic) bond motifs is 1. The standard InChI is InChI=1S/C15H14N4S/c1-10-8-11(6-7-17-10)19-13-5-3-2-4-12(13)18-15(19)9-14(16)20/h2-8H,9H2,1H3,(H2,16,20). The Kier molecular flexibility index (Phi) is 3.20. The number of thiocarbonyl (C=S) groups is 1. The minimum atomic E-state index is 0.437. The molecule has 2 aromatic heterocycles. The molecule has 0 amide bonds. The molecule has 0 aliphatic heterocycles. The van der Waals surface area contributed by atoms with E-state index < -0.39 is 0 Å². The zero-order chi connectivity index (χ0) is 14.1. The van der Waals surface area contributed by atoms with E-state index in [1.54, 1.807) is 6.20 Å². The van der Waals surface area contributed by atoms with Gasteiger partial charge in [-0.15, -0.1) is 0 Å². The average Bonchev–Trinajstić information content (AvgIpc) is 2.75. The molecule has 0 saturated carbocycles. The van der Waals surface area contributed by atoms with Crippen molar-refractivity contribution in [2.45, 2.75) is 13.3 Å². The highest BCUT2D eigenvalue weighted by Gasteiger charge is 2.12. The van der Waals surface area contributed by atoms with Crippen molar-refractivity contribution in [1.82, 2.24) is 14.5 Å². The Labute approximate surface area is 122 Å². The Bertz CT molecular complexity index is 791. The number of nitrogens with two attached hydrogens (primary N) is 1. The second kappa shape index (κ2) is 5.02. The number of imidazole rings is 1. The zero-order valence-electron chi connectivity index (χ0n) is 11.1. The Balaban J connectivity index is 2.28. The Morgan fingerprint density at radius 1 is 1.30 bits per heavy atom. The quantitative estimate of drug-likeness (QED) is 0.750. The van der Waals surface area contributed by atoms with E-state index in [0.717, 1.165) is 28.2 Å². The van der Waals surface area contributed by atoms with Crippen LogP contribution in [0.2, 0.25) is 0 Å². The maximum Gasteiger partial charge on any atom is 0.121 e. The number of aryl methyl sites for hydroxylation is 1. The largest absolute Gasteiger partial charge is 0.393 e. The van der Waals surface area contributed by atoms with Crippen LogP contribution in [0.15, 0.2) is 42.6 Å². The summed E-state index contributed by atoms with van der Waals surface area (Å²) >= 11 is 5.03. The number of benzene rings is 1. The minimum absolute atomic E-state index is 0.437. The molecule has 1 aromatic carbocycles. The SMILES string of the molecule is Cc1cc(-n2c(CC(N)=S)nc3ccccc32)ccn1. The van der Waals surface area contributed by atoms with Gasteiger partial charge in [0.1, 0.15) is 5.82 Å². The number of para-hydroxylation sites is 2. The Morgan fingerprint density at radius 3 is 2.85 bits per heavy atom. The van der Waals surface area contributed by atoms with Gasteiger partial charge in [-0.1, -0.05) is 24.4 Å². The summed E-state index contributed by atoms with van der Waals surface area (Å²) in [6, 6.07) is 12.0. The first-order valence-corrected chi connectivity index (χ1v) is 6.73. The van der Waals surface area contributed by atoms with Gasteiger partial charge >= 0.3 is 0 Å². The van der Waals surface area contributed by atoms with Crippen LogP contribution in [0.4, 0.5) is 0 Å². The summed E-state index contributed by atoms with van der Waals surface area (Å²) in [5.41, 5.74) is 9.66. The predicted octanol–water partition coefficient (Wildman–Crippen LogP) is 2.56. The molecule has 4 nitrogen and oxygen atoms in total. The van der Waals surface area contributed by atoms with Crippen molar-refractivity contribution in [1.29, 1.82) is 0 Å². The smallest absolute Gasteiger partial charge is 0.121 e. The first-order chi connectivity index (χ1) is 9.65. The number of hydrogen-bond acceptors (Lipinski definition) is 3. The highest BCUT2D eigenvalue weighted by molar-refractivity contribution is 7.80. The molecule has 0 radical (unpaired) electrons. The highest BCUT2D eigenvalue weighted by atomic mass is 32.1. The van der Waals surface area contributed by atoms with Crippen LogP contribution >= 0.6 is 12.2 Å². The molecule has 3 aromatic rings. The van der Waals surface area contributed by atoms with Crippen molar-refractivity contribution >= 4 is 28.2 Å². The molecule has 0 aliphatic rings. The van der Waals surface area contributed by atoms with Crippen molar-refractivity contribution < 1.29 is 0 Å². The van der Waals surface area contributed by atoms with Gasteiger partial charge in [0.25, 0.3) is 0 Å². The first-order valence-electron chi connectivity index (χ1n) is 6.33.